The van der Waals surface area contributed by atoms with Gasteiger partial charge in [-0.25, -0.2) is 4.79 Å². The van der Waals surface area contributed by atoms with Crippen molar-refractivity contribution in [1.82, 2.24) is 4.90 Å². The topological polar surface area (TPSA) is 92.9 Å². The number of aliphatic hydroxyl groups is 1. The van der Waals surface area contributed by atoms with Crippen LogP contribution in [0.2, 0.25) is 0 Å². The zero-order chi connectivity index (χ0) is 13.3. The maximum absolute atomic E-state index is 11.7. The molecular formula is C11H22N2O4. The van der Waals surface area contributed by atoms with Gasteiger partial charge >= 0.3 is 5.97 Å². The van der Waals surface area contributed by atoms with Crippen LogP contribution in [0.4, 0.5) is 0 Å². The monoisotopic (exact) mass is 246 g/mol. The first kappa shape index (κ1) is 15.9. The van der Waals surface area contributed by atoms with Gasteiger partial charge in [0.25, 0.3) is 5.91 Å². The smallest absolute Gasteiger partial charge is 0.332 e. The number of esters is 1. The van der Waals surface area contributed by atoms with E-state index < -0.39 is 17.9 Å². The molecule has 6 nitrogen and oxygen atoms in total. The molecule has 17 heavy (non-hydrogen) atoms. The predicted molar refractivity (Wildman–Crippen MR) is 63.2 cm³/mol. The van der Waals surface area contributed by atoms with Crippen molar-refractivity contribution in [1.29, 1.82) is 0 Å². The van der Waals surface area contributed by atoms with Crippen molar-refractivity contribution in [3.63, 3.8) is 0 Å². The molecule has 0 aromatic heterocycles. The zero-order valence-corrected chi connectivity index (χ0v) is 10.5. The summed E-state index contributed by atoms with van der Waals surface area (Å²) in [4.78, 5) is 24.3. The minimum atomic E-state index is -1.24. The predicted octanol–water partition coefficient (Wildman–Crippen LogP) is -0.502. The van der Waals surface area contributed by atoms with Crippen LogP contribution in [-0.4, -0.2) is 54.7 Å². The summed E-state index contributed by atoms with van der Waals surface area (Å²) in [6.07, 6.45) is 2.33. The van der Waals surface area contributed by atoms with Crippen LogP contribution in [0.1, 0.15) is 26.2 Å². The first-order valence-corrected chi connectivity index (χ1v) is 5.82. The van der Waals surface area contributed by atoms with Crippen molar-refractivity contribution >= 4 is 11.9 Å². The van der Waals surface area contributed by atoms with Crippen molar-refractivity contribution < 1.29 is 19.4 Å². The summed E-state index contributed by atoms with van der Waals surface area (Å²) in [6.45, 7) is 2.54. The van der Waals surface area contributed by atoms with Crippen LogP contribution in [0.25, 0.3) is 0 Å². The molecule has 0 heterocycles. The van der Waals surface area contributed by atoms with Crippen molar-refractivity contribution in [3.8, 4) is 0 Å². The van der Waals surface area contributed by atoms with Gasteiger partial charge in [0.05, 0.1) is 6.61 Å². The molecule has 0 aliphatic carbocycles. The first-order valence-electron chi connectivity index (χ1n) is 5.82. The molecule has 0 aliphatic heterocycles. The number of hydrogen-bond donors (Lipinski definition) is 2. The van der Waals surface area contributed by atoms with Crippen LogP contribution in [-0.2, 0) is 14.3 Å². The molecular weight excluding hydrogens is 224 g/mol. The molecule has 0 aromatic rings. The number of ether oxygens (including phenoxy) is 1. The SMILES string of the molecule is CCOC(=O)C(N)C(=O)N(C)CCCCCO. The molecule has 0 rings (SSSR count). The van der Waals surface area contributed by atoms with Gasteiger partial charge in [-0.1, -0.05) is 0 Å². The second-order valence-corrected chi connectivity index (χ2v) is 3.77. The number of hydrogen-bond acceptors (Lipinski definition) is 5. The summed E-state index contributed by atoms with van der Waals surface area (Å²) in [6, 6.07) is -1.24. The first-order chi connectivity index (χ1) is 8.04. The maximum atomic E-state index is 11.7. The fraction of sp³-hybridized carbons (Fsp3) is 0.818. The molecule has 100 valence electrons. The van der Waals surface area contributed by atoms with E-state index in [2.05, 4.69) is 4.74 Å². The molecule has 0 fully saturated rings. The highest BCUT2D eigenvalue weighted by Gasteiger charge is 2.25. The van der Waals surface area contributed by atoms with Crippen molar-refractivity contribution in [3.05, 3.63) is 0 Å². The minimum Gasteiger partial charge on any atom is -0.464 e. The van der Waals surface area contributed by atoms with Gasteiger partial charge in [0.1, 0.15) is 0 Å². The Bertz CT molecular complexity index is 246. The molecule has 0 bridgehead atoms. The lowest BCUT2D eigenvalue weighted by Gasteiger charge is -2.20. The molecule has 0 aliphatic rings. The molecule has 6 heteroatoms. The van der Waals surface area contributed by atoms with E-state index in [1.165, 1.54) is 4.90 Å². The van der Waals surface area contributed by atoms with Crippen molar-refractivity contribution in [2.45, 2.75) is 32.2 Å². The van der Waals surface area contributed by atoms with E-state index in [-0.39, 0.29) is 13.2 Å². The summed E-state index contributed by atoms with van der Waals surface area (Å²) in [5.74, 6) is -1.13. The third-order valence-electron chi connectivity index (χ3n) is 2.33. The van der Waals surface area contributed by atoms with Gasteiger partial charge in [0, 0.05) is 20.2 Å². The highest BCUT2D eigenvalue weighted by molar-refractivity contribution is 6.01. The van der Waals surface area contributed by atoms with E-state index in [4.69, 9.17) is 10.8 Å². The van der Waals surface area contributed by atoms with Crippen LogP contribution >= 0.6 is 0 Å². The molecule has 0 radical (unpaired) electrons. The Morgan fingerprint density at radius 1 is 1.35 bits per heavy atom. The highest BCUT2D eigenvalue weighted by atomic mass is 16.5. The van der Waals surface area contributed by atoms with Crippen LogP contribution in [0.5, 0.6) is 0 Å². The Kier molecular flexibility index (Phi) is 8.35. The van der Waals surface area contributed by atoms with E-state index in [0.717, 1.165) is 12.8 Å². The summed E-state index contributed by atoms with van der Waals surface area (Å²) < 4.78 is 4.67. The lowest BCUT2D eigenvalue weighted by atomic mass is 10.2. The molecule has 1 atom stereocenters. The largest absolute Gasteiger partial charge is 0.464 e. The summed E-state index contributed by atoms with van der Waals surface area (Å²) in [5, 5.41) is 8.60. The van der Waals surface area contributed by atoms with Gasteiger partial charge < -0.3 is 20.5 Å². The second-order valence-electron chi connectivity index (χ2n) is 3.77. The van der Waals surface area contributed by atoms with Crippen LogP contribution in [0.15, 0.2) is 0 Å². The van der Waals surface area contributed by atoms with Gasteiger partial charge in [-0.05, 0) is 26.2 Å². The fourth-order valence-corrected chi connectivity index (χ4v) is 1.32. The normalized spacial score (nSPS) is 12.0. The fourth-order valence-electron chi connectivity index (χ4n) is 1.32. The average molecular weight is 246 g/mol. The minimum absolute atomic E-state index is 0.153. The summed E-state index contributed by atoms with van der Waals surface area (Å²) in [5.41, 5.74) is 5.47. The van der Waals surface area contributed by atoms with Gasteiger partial charge in [0.15, 0.2) is 6.04 Å². The van der Waals surface area contributed by atoms with Crippen molar-refractivity contribution in [2.24, 2.45) is 5.73 Å². The third-order valence-corrected chi connectivity index (χ3v) is 2.33. The number of unbranched alkanes of at least 4 members (excludes halogenated alkanes) is 2. The van der Waals surface area contributed by atoms with E-state index in [1.807, 2.05) is 0 Å². The Labute approximate surface area is 102 Å². The molecule has 0 saturated heterocycles. The average Bonchev–Trinajstić information content (AvgIpc) is 2.32. The number of carbonyl (C=O) groups excluding carboxylic acids is 2. The number of amides is 1. The summed E-state index contributed by atoms with van der Waals surface area (Å²) >= 11 is 0. The molecule has 0 saturated carbocycles. The number of carbonyl (C=O) groups is 2. The van der Waals surface area contributed by atoms with Crippen LogP contribution in [0.3, 0.4) is 0 Å². The van der Waals surface area contributed by atoms with Gasteiger partial charge in [-0.2, -0.15) is 0 Å². The lowest BCUT2D eigenvalue weighted by molar-refractivity contribution is -0.150. The Morgan fingerprint density at radius 3 is 2.53 bits per heavy atom. The molecule has 1 unspecified atom stereocenters. The Balaban J connectivity index is 3.98. The number of likely N-dealkylation sites (N-methyl/N-ethyl adjacent to an activating group) is 1. The standard InChI is InChI=1S/C11H22N2O4/c1-3-17-11(16)9(12)10(15)13(2)7-5-4-6-8-14/h9,14H,3-8,12H2,1-2H3. The van der Waals surface area contributed by atoms with E-state index in [1.54, 1.807) is 14.0 Å². The van der Waals surface area contributed by atoms with Gasteiger partial charge in [0.2, 0.25) is 0 Å². The molecule has 0 spiro atoms. The quantitative estimate of drug-likeness (QED) is 0.342. The van der Waals surface area contributed by atoms with E-state index in [0.29, 0.717) is 13.0 Å². The number of rotatable bonds is 8. The van der Waals surface area contributed by atoms with E-state index >= 15 is 0 Å². The third kappa shape index (κ3) is 6.23. The number of nitrogens with two attached hydrogens (primary N) is 1. The second kappa shape index (κ2) is 8.95. The van der Waals surface area contributed by atoms with Crippen LogP contribution < -0.4 is 5.73 Å². The lowest BCUT2D eigenvalue weighted by Crippen LogP contribution is -2.47. The molecule has 3 N–H and O–H groups in total. The highest BCUT2D eigenvalue weighted by Crippen LogP contribution is 1.99. The van der Waals surface area contributed by atoms with Gasteiger partial charge in [-0.15, -0.1) is 0 Å². The zero-order valence-electron chi connectivity index (χ0n) is 10.5. The maximum Gasteiger partial charge on any atom is 0.332 e. The number of aliphatic hydroxyl groups excluding tert-OH is 1. The van der Waals surface area contributed by atoms with Gasteiger partial charge in [-0.3, -0.25) is 4.79 Å². The molecule has 1 amide bonds. The Morgan fingerprint density at radius 2 is 2.00 bits per heavy atom. The van der Waals surface area contributed by atoms with Crippen molar-refractivity contribution in [2.75, 3.05) is 26.8 Å². The summed E-state index contributed by atoms with van der Waals surface area (Å²) in [7, 11) is 1.60. The van der Waals surface area contributed by atoms with Crippen LogP contribution in [0, 0.1) is 0 Å². The number of nitrogens with zero attached hydrogens (tertiary/aromatic N) is 1. The Hall–Kier alpha value is -1.14. The molecule has 0 aromatic carbocycles. The van der Waals surface area contributed by atoms with E-state index in [9.17, 15) is 9.59 Å².